The van der Waals surface area contributed by atoms with Crippen LogP contribution in [0.15, 0.2) is 0 Å². The minimum absolute atomic E-state index is 0.216. The summed E-state index contributed by atoms with van der Waals surface area (Å²) in [6.45, 7) is 0.893. The molecule has 7 unspecified atom stereocenters. The van der Waals surface area contributed by atoms with E-state index in [9.17, 15) is 39.0 Å². The molecule has 8 atom stereocenters. The molecule has 204 valence electrons. The zero-order chi connectivity index (χ0) is 26.3. The van der Waals surface area contributed by atoms with Gasteiger partial charge in [0.05, 0.1) is 13.2 Å². The Morgan fingerprint density at radius 2 is 1.26 bits per heavy atom. The van der Waals surface area contributed by atoms with Crippen molar-refractivity contribution in [2.24, 2.45) is 0 Å². The van der Waals surface area contributed by atoms with E-state index in [2.05, 4.69) is 18.1 Å². The summed E-state index contributed by atoms with van der Waals surface area (Å²) in [5.74, 6) is 0. The fourth-order valence-corrected chi connectivity index (χ4v) is 5.07. The fraction of sp³-hybridized carbons (Fsp3) is 1.00. The molecule has 20 heteroatoms. The van der Waals surface area contributed by atoms with E-state index in [1.807, 2.05) is 6.92 Å². The second-order valence-electron chi connectivity index (χ2n) is 7.31. The topological polar surface area (TPSA) is 279 Å². The first-order valence-corrected chi connectivity index (χ1v) is 14.5. The van der Waals surface area contributed by atoms with Crippen molar-refractivity contribution in [3.63, 3.8) is 0 Å². The van der Waals surface area contributed by atoms with Gasteiger partial charge in [-0.2, -0.15) is 0 Å². The monoisotopic (exact) mass is 564 g/mol. The number of aliphatic hydroxyl groups is 4. The van der Waals surface area contributed by atoms with Crippen molar-refractivity contribution in [2.75, 3.05) is 19.8 Å². The summed E-state index contributed by atoms with van der Waals surface area (Å²) >= 11 is 0. The van der Waals surface area contributed by atoms with Gasteiger partial charge in [-0.1, -0.05) is 19.8 Å². The third-order valence-electron chi connectivity index (χ3n) is 4.52. The summed E-state index contributed by atoms with van der Waals surface area (Å²) in [6.07, 6.45) is -13.1. The number of rotatable bonds is 15. The third kappa shape index (κ3) is 11.0. The standard InChI is InChI=1S/C14H31O17P3/c1-2-3-4-5-27-8(6-15)7-28-34(25,26)31-12-9(16)10(17)13(29-32(19,20)21)14(11(12)18)30-33(22,23)24/h8-18H,2-7H2,1H3,(H,25,26)(H2,19,20,21)(H2,22,23,24)/t8-,9?,10?,11?,12?,13?,14?/m0/s1. The van der Waals surface area contributed by atoms with Gasteiger partial charge >= 0.3 is 23.5 Å². The Hall–Kier alpha value is 0.130. The molecule has 34 heavy (non-hydrogen) atoms. The molecule has 0 saturated heterocycles. The number of unbranched alkanes of at least 4 members (excludes halogenated alkanes) is 2. The summed E-state index contributed by atoms with van der Waals surface area (Å²) in [5, 5.41) is 40.0. The molecule has 0 aromatic rings. The van der Waals surface area contributed by atoms with Crippen LogP contribution in [0.25, 0.3) is 0 Å². The van der Waals surface area contributed by atoms with Crippen LogP contribution in [0.2, 0.25) is 0 Å². The van der Waals surface area contributed by atoms with Crippen molar-refractivity contribution in [3.8, 4) is 0 Å². The lowest BCUT2D eigenvalue weighted by molar-refractivity contribution is -0.213. The smallest absolute Gasteiger partial charge is 0.394 e. The Morgan fingerprint density at radius 1 is 0.765 bits per heavy atom. The SMILES string of the molecule is CCCCCO[C@@H](CO)COP(=O)(O)OC1C(O)C(O)C(OP(=O)(O)O)C(OP(=O)(O)O)C1O. The molecule has 9 N–H and O–H groups in total. The first kappa shape index (κ1) is 32.2. The summed E-state index contributed by atoms with van der Waals surface area (Å²) in [5.41, 5.74) is 0. The van der Waals surface area contributed by atoms with Crippen LogP contribution in [0, 0.1) is 0 Å². The molecule has 0 amide bonds. The van der Waals surface area contributed by atoms with Crippen LogP contribution in [-0.4, -0.2) is 107 Å². The highest BCUT2D eigenvalue weighted by atomic mass is 31.2. The molecule has 0 aliphatic heterocycles. The van der Waals surface area contributed by atoms with Crippen molar-refractivity contribution in [1.82, 2.24) is 0 Å². The van der Waals surface area contributed by atoms with Crippen LogP contribution in [0.4, 0.5) is 0 Å². The number of phosphoric acid groups is 3. The molecule has 0 heterocycles. The van der Waals surface area contributed by atoms with E-state index >= 15 is 0 Å². The molecular weight excluding hydrogens is 533 g/mol. The van der Waals surface area contributed by atoms with E-state index in [1.54, 1.807) is 0 Å². The highest BCUT2D eigenvalue weighted by Crippen LogP contribution is 2.51. The van der Waals surface area contributed by atoms with Gasteiger partial charge in [-0.05, 0) is 6.42 Å². The lowest BCUT2D eigenvalue weighted by Crippen LogP contribution is -2.65. The van der Waals surface area contributed by atoms with Gasteiger partial charge in [0.15, 0.2) is 0 Å². The number of phosphoric ester groups is 3. The molecule has 0 spiro atoms. The van der Waals surface area contributed by atoms with Crippen molar-refractivity contribution in [3.05, 3.63) is 0 Å². The van der Waals surface area contributed by atoms with E-state index in [0.29, 0.717) is 6.42 Å². The van der Waals surface area contributed by atoms with Crippen LogP contribution in [-0.2, 0) is 36.5 Å². The second kappa shape index (κ2) is 13.6. The third-order valence-corrected chi connectivity index (χ3v) is 6.54. The molecule has 1 rings (SSSR count). The van der Waals surface area contributed by atoms with Gasteiger partial charge in [-0.25, -0.2) is 13.7 Å². The van der Waals surface area contributed by atoms with Gasteiger partial charge in [-0.3, -0.25) is 18.1 Å². The van der Waals surface area contributed by atoms with Crippen LogP contribution >= 0.6 is 23.5 Å². The summed E-state index contributed by atoms with van der Waals surface area (Å²) in [7, 11) is -16.1. The highest BCUT2D eigenvalue weighted by molar-refractivity contribution is 7.47. The van der Waals surface area contributed by atoms with Gasteiger partial charge in [0, 0.05) is 6.61 Å². The van der Waals surface area contributed by atoms with E-state index in [1.165, 1.54) is 0 Å². The first-order chi connectivity index (χ1) is 15.5. The zero-order valence-electron chi connectivity index (χ0n) is 17.9. The molecule has 1 aliphatic rings. The Bertz CT molecular complexity index is 754. The Labute approximate surface area is 194 Å². The molecule has 17 nitrogen and oxygen atoms in total. The molecule has 0 aromatic heterocycles. The maximum atomic E-state index is 12.3. The van der Waals surface area contributed by atoms with Gasteiger partial charge in [-0.15, -0.1) is 0 Å². The maximum Gasteiger partial charge on any atom is 0.472 e. The van der Waals surface area contributed by atoms with Crippen LogP contribution in [0.3, 0.4) is 0 Å². The van der Waals surface area contributed by atoms with E-state index < -0.39 is 79.4 Å². The normalized spacial score (nSPS) is 31.2. The predicted octanol–water partition coefficient (Wildman–Crippen LogP) is -1.89. The minimum Gasteiger partial charge on any atom is -0.394 e. The maximum absolute atomic E-state index is 12.3. The van der Waals surface area contributed by atoms with Crippen molar-refractivity contribution >= 4 is 23.5 Å². The van der Waals surface area contributed by atoms with Crippen LogP contribution < -0.4 is 0 Å². The van der Waals surface area contributed by atoms with E-state index in [-0.39, 0.29) is 6.61 Å². The summed E-state index contributed by atoms with van der Waals surface area (Å²) in [4.78, 5) is 45.9. The van der Waals surface area contributed by atoms with Gasteiger partial charge < -0.3 is 49.6 Å². The molecule has 0 aromatic carbocycles. The lowest BCUT2D eigenvalue weighted by Gasteiger charge is -2.44. The van der Waals surface area contributed by atoms with Gasteiger partial charge in [0.1, 0.15) is 42.7 Å². The molecule has 1 fully saturated rings. The first-order valence-electron chi connectivity index (χ1n) is 9.91. The van der Waals surface area contributed by atoms with Gasteiger partial charge in [0.25, 0.3) is 0 Å². The molecule has 1 saturated carbocycles. The fourth-order valence-electron chi connectivity index (χ4n) is 2.97. The quantitative estimate of drug-likeness (QED) is 0.0776. The van der Waals surface area contributed by atoms with Crippen molar-refractivity contribution in [1.29, 1.82) is 0 Å². The van der Waals surface area contributed by atoms with Crippen LogP contribution in [0.5, 0.6) is 0 Å². The predicted molar refractivity (Wildman–Crippen MR) is 109 cm³/mol. The number of hydrogen-bond donors (Lipinski definition) is 9. The molecule has 0 bridgehead atoms. The molecular formula is C14H31O17P3. The number of ether oxygens (including phenoxy) is 1. The Kier molecular flexibility index (Phi) is 12.9. The Balaban J connectivity index is 2.96. The highest BCUT2D eigenvalue weighted by Gasteiger charge is 2.56. The Morgan fingerprint density at radius 3 is 1.74 bits per heavy atom. The second-order valence-corrected chi connectivity index (χ2v) is 11.1. The number of aliphatic hydroxyl groups excluding tert-OH is 4. The summed E-state index contributed by atoms with van der Waals surface area (Å²) < 4.78 is 57.7. The zero-order valence-corrected chi connectivity index (χ0v) is 20.6. The summed E-state index contributed by atoms with van der Waals surface area (Å²) in [6, 6.07) is 0. The van der Waals surface area contributed by atoms with Crippen LogP contribution in [0.1, 0.15) is 26.2 Å². The average molecular weight is 564 g/mol. The number of hydrogen-bond acceptors (Lipinski definition) is 12. The van der Waals surface area contributed by atoms with Gasteiger partial charge in [0.2, 0.25) is 0 Å². The lowest BCUT2D eigenvalue weighted by atomic mass is 9.85. The molecule has 0 radical (unpaired) electrons. The minimum atomic E-state index is -5.49. The van der Waals surface area contributed by atoms with E-state index in [0.717, 1.165) is 12.8 Å². The van der Waals surface area contributed by atoms with Crippen molar-refractivity contribution in [2.45, 2.75) is 68.9 Å². The average Bonchev–Trinajstić information content (AvgIpc) is 2.70. The molecule has 1 aliphatic carbocycles. The van der Waals surface area contributed by atoms with Crippen molar-refractivity contribution < 1.29 is 81.4 Å². The largest absolute Gasteiger partial charge is 0.472 e. The van der Waals surface area contributed by atoms with E-state index in [4.69, 9.17) is 24.3 Å².